The molecule has 0 amide bonds. The maximum atomic E-state index is 13.1. The van der Waals surface area contributed by atoms with Crippen LogP contribution >= 0.6 is 7.41 Å². The molecule has 5 aromatic rings. The van der Waals surface area contributed by atoms with Gasteiger partial charge < -0.3 is 9.15 Å². The largest absolute Gasteiger partial charge is 0.457 e. The van der Waals surface area contributed by atoms with Gasteiger partial charge in [-0.1, -0.05) is 4.57 Å². The maximum absolute atomic E-state index is 13.1. The van der Waals surface area contributed by atoms with Gasteiger partial charge in [0.25, 0.3) is 0 Å². The van der Waals surface area contributed by atoms with Crippen LogP contribution in [-0.4, -0.2) is 0 Å². The predicted octanol–water partition coefficient (Wildman–Crippen LogP) is 8.36. The van der Waals surface area contributed by atoms with Crippen molar-refractivity contribution in [1.82, 2.24) is 0 Å². The van der Waals surface area contributed by atoms with E-state index in [4.69, 9.17) is 9.15 Å². The number of ether oxygens (including phenoxy) is 1. The van der Waals surface area contributed by atoms with E-state index in [1.165, 1.54) is 72.8 Å². The van der Waals surface area contributed by atoms with E-state index >= 15 is 0 Å². The zero-order valence-electron chi connectivity index (χ0n) is 16.3. The molecule has 32 heavy (non-hydrogen) atoms. The van der Waals surface area contributed by atoms with Gasteiger partial charge >= 0.3 is 7.41 Å². The van der Waals surface area contributed by atoms with Crippen molar-refractivity contribution >= 4 is 28.8 Å². The van der Waals surface area contributed by atoms with Gasteiger partial charge in [-0.15, -0.1) is 0 Å². The van der Waals surface area contributed by atoms with E-state index in [1.54, 1.807) is 0 Å². The van der Waals surface area contributed by atoms with Gasteiger partial charge in [0.15, 0.2) is 11.2 Å². The Morgan fingerprint density at radius 1 is 0.562 bits per heavy atom. The number of benzene rings is 4. The van der Waals surface area contributed by atoms with Crippen molar-refractivity contribution in [2.45, 2.75) is 0 Å². The molecule has 0 radical (unpaired) electrons. The van der Waals surface area contributed by atoms with Crippen molar-refractivity contribution in [1.29, 1.82) is 0 Å². The molecular weight excluding hydrogens is 443 g/mol. The van der Waals surface area contributed by atoms with E-state index in [0.29, 0.717) is 22.7 Å². The Balaban J connectivity index is 0.000000155. The lowest BCUT2D eigenvalue weighted by molar-refractivity contribution is 0.478. The third kappa shape index (κ3) is 4.95. The van der Waals surface area contributed by atoms with Gasteiger partial charge in [0, 0.05) is 12.1 Å². The molecule has 1 heterocycles. The minimum Gasteiger partial charge on any atom is -0.457 e. The second kappa shape index (κ2) is 9.20. The average molecular weight is 457 g/mol. The lowest BCUT2D eigenvalue weighted by Crippen LogP contribution is -1.84. The Labute approximate surface area is 180 Å². The first-order valence-corrected chi connectivity index (χ1v) is 10.6. The Morgan fingerprint density at radius 3 is 1.34 bits per heavy atom. The minimum absolute atomic E-state index is 0.262. The summed E-state index contributed by atoms with van der Waals surface area (Å²) >= 11 is 0. The van der Waals surface area contributed by atoms with Crippen LogP contribution in [0.2, 0.25) is 0 Å². The normalized spacial score (nSPS) is 10.6. The molecule has 0 aliphatic carbocycles. The summed E-state index contributed by atoms with van der Waals surface area (Å²) in [6, 6.07) is 18.9. The summed E-state index contributed by atoms with van der Waals surface area (Å²) in [6.07, 6.45) is 0. The van der Waals surface area contributed by atoms with Crippen molar-refractivity contribution in [2.24, 2.45) is 0 Å². The third-order valence-corrected chi connectivity index (χ3v) is 5.94. The zero-order chi connectivity index (χ0) is 22.7. The Bertz CT molecular complexity index is 1340. The molecule has 3 nitrogen and oxygen atoms in total. The van der Waals surface area contributed by atoms with E-state index in [9.17, 15) is 22.1 Å². The standard InChI is InChI=1S/C12H6F2O2P.C12H8F2O/c13-7-1-3-9-11(5-7)17(15)12-6-8(14)2-4-10(12)16-9;13-9-1-5-11(6-2-9)15-12-7-3-10(14)4-8-12/h1-6H;1-8H/q+1;. The van der Waals surface area contributed by atoms with Crippen molar-refractivity contribution in [3.05, 3.63) is 108 Å². The molecule has 5 rings (SSSR count). The lowest BCUT2D eigenvalue weighted by atomic mass is 10.3. The molecule has 4 aromatic carbocycles. The van der Waals surface area contributed by atoms with Gasteiger partial charge in [-0.2, -0.15) is 0 Å². The Kier molecular flexibility index (Phi) is 6.19. The monoisotopic (exact) mass is 457 g/mol. The molecule has 0 atom stereocenters. The molecule has 0 aliphatic rings. The van der Waals surface area contributed by atoms with Crippen LogP contribution in [0.1, 0.15) is 0 Å². The number of halogens is 4. The van der Waals surface area contributed by atoms with Crippen LogP contribution in [0.3, 0.4) is 0 Å². The minimum atomic E-state index is -2.01. The van der Waals surface area contributed by atoms with E-state index < -0.39 is 19.0 Å². The van der Waals surface area contributed by atoms with Gasteiger partial charge in [0.05, 0.1) is 0 Å². The molecule has 0 fully saturated rings. The highest BCUT2D eigenvalue weighted by Crippen LogP contribution is 2.37. The summed E-state index contributed by atoms with van der Waals surface area (Å²) in [5, 5.41) is 0.524. The molecule has 160 valence electrons. The Hall–Kier alpha value is -3.70. The second-order valence-electron chi connectivity index (χ2n) is 6.63. The van der Waals surface area contributed by atoms with Gasteiger partial charge in [0.2, 0.25) is 10.2 Å². The van der Waals surface area contributed by atoms with Crippen molar-refractivity contribution in [2.75, 3.05) is 0 Å². The number of hydrogen-bond donors (Lipinski definition) is 0. The molecule has 0 bridgehead atoms. The molecule has 1 aromatic heterocycles. The van der Waals surface area contributed by atoms with E-state index in [2.05, 4.69) is 0 Å². The van der Waals surface area contributed by atoms with Crippen LogP contribution in [0.4, 0.5) is 17.6 Å². The molecule has 0 unspecified atom stereocenters. The highest BCUT2D eigenvalue weighted by Gasteiger charge is 2.19. The first-order chi connectivity index (χ1) is 15.4. The van der Waals surface area contributed by atoms with Crippen LogP contribution < -0.4 is 4.74 Å². The fraction of sp³-hybridized carbons (Fsp3) is 0. The fourth-order valence-corrected chi connectivity index (χ4v) is 4.24. The van der Waals surface area contributed by atoms with Crippen LogP contribution in [0.25, 0.3) is 21.4 Å². The topological polar surface area (TPSA) is 39.4 Å². The van der Waals surface area contributed by atoms with Crippen molar-refractivity contribution < 1.29 is 31.3 Å². The molecule has 0 spiro atoms. The van der Waals surface area contributed by atoms with Crippen LogP contribution in [-0.2, 0) is 4.57 Å². The quantitative estimate of drug-likeness (QED) is 0.198. The summed E-state index contributed by atoms with van der Waals surface area (Å²) < 4.78 is 74.2. The van der Waals surface area contributed by atoms with Crippen LogP contribution in [0.5, 0.6) is 11.5 Å². The number of fused-ring (bicyclic) bond motifs is 2. The third-order valence-electron chi connectivity index (χ3n) is 4.36. The molecule has 0 saturated heterocycles. The van der Waals surface area contributed by atoms with Crippen LogP contribution in [0.15, 0.2) is 89.3 Å². The highest BCUT2D eigenvalue weighted by molar-refractivity contribution is 7.48. The molecule has 0 aliphatic heterocycles. The van der Waals surface area contributed by atoms with Crippen LogP contribution in [0, 0.1) is 23.3 Å². The van der Waals surface area contributed by atoms with Gasteiger partial charge in [-0.05, 0) is 72.8 Å². The zero-order valence-corrected chi connectivity index (χ0v) is 17.2. The number of rotatable bonds is 2. The summed E-state index contributed by atoms with van der Waals surface area (Å²) in [4.78, 5) is 0. The molecule has 0 N–H and O–H groups in total. The van der Waals surface area contributed by atoms with E-state index in [1.807, 2.05) is 0 Å². The smallest absolute Gasteiger partial charge is 0.423 e. The van der Waals surface area contributed by atoms with Gasteiger partial charge in [0.1, 0.15) is 34.8 Å². The number of hydrogen-bond acceptors (Lipinski definition) is 3. The summed E-state index contributed by atoms with van der Waals surface area (Å²) in [6.45, 7) is 0. The first kappa shape index (κ1) is 21.5. The van der Waals surface area contributed by atoms with E-state index in [-0.39, 0.29) is 21.9 Å². The average Bonchev–Trinajstić information content (AvgIpc) is 2.79. The SMILES string of the molecule is Fc1ccc(Oc2ccc(F)cc2)cc1.O=[p+]1c2cc(F)ccc2oc2ccc(F)cc21. The van der Waals surface area contributed by atoms with Crippen molar-refractivity contribution in [3.8, 4) is 11.5 Å². The summed E-state index contributed by atoms with van der Waals surface area (Å²) in [7, 11) is -2.01. The summed E-state index contributed by atoms with van der Waals surface area (Å²) in [5.41, 5.74) is 0.707. The van der Waals surface area contributed by atoms with Crippen molar-refractivity contribution in [3.63, 3.8) is 0 Å². The Morgan fingerprint density at radius 2 is 0.938 bits per heavy atom. The summed E-state index contributed by atoms with van der Waals surface area (Å²) in [5.74, 6) is -0.583. The predicted molar refractivity (Wildman–Crippen MR) is 114 cm³/mol. The molecule has 0 saturated carbocycles. The van der Waals surface area contributed by atoms with Gasteiger partial charge in [-0.25, -0.2) is 17.6 Å². The van der Waals surface area contributed by atoms with Gasteiger partial charge in [-0.3, -0.25) is 0 Å². The van der Waals surface area contributed by atoms with E-state index in [0.717, 1.165) is 12.1 Å². The lowest BCUT2D eigenvalue weighted by Gasteiger charge is -2.04. The highest BCUT2D eigenvalue weighted by atomic mass is 31.1. The molecular formula is C24H14F4O3P+. The maximum Gasteiger partial charge on any atom is 0.423 e. The molecule has 8 heteroatoms. The fourth-order valence-electron chi connectivity index (χ4n) is 2.86. The second-order valence-corrected chi connectivity index (χ2v) is 8.18. The first-order valence-electron chi connectivity index (χ1n) is 9.32.